The lowest BCUT2D eigenvalue weighted by Gasteiger charge is -2.14. The lowest BCUT2D eigenvalue weighted by molar-refractivity contribution is 0.302. The van der Waals surface area contributed by atoms with Gasteiger partial charge in [-0.1, -0.05) is 47.5 Å². The van der Waals surface area contributed by atoms with Gasteiger partial charge >= 0.3 is 0 Å². The molecule has 1 N–H and O–H groups in total. The van der Waals surface area contributed by atoms with Crippen molar-refractivity contribution in [2.24, 2.45) is 0 Å². The van der Waals surface area contributed by atoms with Crippen LogP contribution in [0.4, 0.5) is 5.69 Å². The third-order valence-electron chi connectivity index (χ3n) is 3.72. The summed E-state index contributed by atoms with van der Waals surface area (Å²) in [6, 6.07) is 19.6. The van der Waals surface area contributed by atoms with Crippen LogP contribution in [-0.4, -0.2) is 0 Å². The molecule has 0 radical (unpaired) electrons. The first-order valence-electron chi connectivity index (χ1n) is 7.86. The first kappa shape index (κ1) is 19.6. The van der Waals surface area contributed by atoms with E-state index in [-0.39, 0.29) is 0 Å². The third kappa shape index (κ3) is 5.17. The fourth-order valence-electron chi connectivity index (χ4n) is 2.40. The molecule has 3 rings (SSSR count). The highest BCUT2D eigenvalue weighted by Crippen LogP contribution is 2.36. The molecule has 2 nitrogen and oxygen atoms in total. The first-order valence-corrected chi connectivity index (χ1v) is 10.2. The molecule has 0 aliphatic carbocycles. The standard InChI is InChI=1S/C20H15Br2Cl2NO/c21-17-8-13(11-25-16-4-2-1-3-5-16)9-18(22)20(17)26-12-14-6-7-15(23)10-19(14)24/h1-10,25H,11-12H2. The van der Waals surface area contributed by atoms with E-state index in [1.54, 1.807) is 12.1 Å². The Hall–Kier alpha value is -1.20. The molecule has 26 heavy (non-hydrogen) atoms. The van der Waals surface area contributed by atoms with Crippen LogP contribution in [0.2, 0.25) is 10.0 Å². The van der Waals surface area contributed by atoms with E-state index in [1.807, 2.05) is 48.5 Å². The van der Waals surface area contributed by atoms with E-state index in [0.29, 0.717) is 23.2 Å². The van der Waals surface area contributed by atoms with Crippen LogP contribution in [0.3, 0.4) is 0 Å². The number of ether oxygens (including phenoxy) is 1. The zero-order valence-corrected chi connectivity index (χ0v) is 18.3. The van der Waals surface area contributed by atoms with Crippen molar-refractivity contribution >= 4 is 60.7 Å². The highest BCUT2D eigenvalue weighted by Gasteiger charge is 2.11. The van der Waals surface area contributed by atoms with E-state index in [9.17, 15) is 0 Å². The van der Waals surface area contributed by atoms with E-state index < -0.39 is 0 Å². The molecule has 0 amide bonds. The summed E-state index contributed by atoms with van der Waals surface area (Å²) >= 11 is 19.3. The number of hydrogen-bond acceptors (Lipinski definition) is 2. The Kier molecular flexibility index (Phi) is 6.87. The number of halogens is 4. The molecule has 0 bridgehead atoms. The summed E-state index contributed by atoms with van der Waals surface area (Å²) in [5, 5.41) is 4.59. The molecule has 0 spiro atoms. The van der Waals surface area contributed by atoms with Crippen LogP contribution in [0.1, 0.15) is 11.1 Å². The lowest BCUT2D eigenvalue weighted by atomic mass is 10.2. The maximum atomic E-state index is 6.20. The maximum absolute atomic E-state index is 6.20. The van der Waals surface area contributed by atoms with Crippen LogP contribution in [0.25, 0.3) is 0 Å². The topological polar surface area (TPSA) is 21.3 Å². The van der Waals surface area contributed by atoms with Crippen LogP contribution >= 0.6 is 55.1 Å². The second-order valence-electron chi connectivity index (χ2n) is 5.63. The molecule has 0 fully saturated rings. The molecule has 0 saturated heterocycles. The average Bonchev–Trinajstić information content (AvgIpc) is 2.62. The highest BCUT2D eigenvalue weighted by atomic mass is 79.9. The average molecular weight is 516 g/mol. The van der Waals surface area contributed by atoms with Crippen molar-refractivity contribution < 1.29 is 4.74 Å². The van der Waals surface area contributed by atoms with Crippen LogP contribution in [0, 0.1) is 0 Å². The molecule has 0 aliphatic rings. The predicted octanol–water partition coefficient (Wildman–Crippen LogP) is 7.71. The van der Waals surface area contributed by atoms with Gasteiger partial charge in [0.1, 0.15) is 12.4 Å². The molecule has 0 saturated carbocycles. The Morgan fingerprint density at radius 3 is 2.23 bits per heavy atom. The predicted molar refractivity (Wildman–Crippen MR) is 116 cm³/mol. The normalized spacial score (nSPS) is 10.6. The second-order valence-corrected chi connectivity index (χ2v) is 8.18. The molecule has 0 heterocycles. The fraction of sp³-hybridized carbons (Fsp3) is 0.100. The Morgan fingerprint density at radius 1 is 0.885 bits per heavy atom. The summed E-state index contributed by atoms with van der Waals surface area (Å²) in [6.07, 6.45) is 0. The zero-order valence-electron chi connectivity index (χ0n) is 13.6. The Labute approximate surface area is 179 Å². The Morgan fingerprint density at radius 2 is 1.58 bits per heavy atom. The van der Waals surface area contributed by atoms with E-state index in [2.05, 4.69) is 37.2 Å². The van der Waals surface area contributed by atoms with Crippen LogP contribution in [0.5, 0.6) is 5.75 Å². The molecular formula is C20H15Br2Cl2NO. The fourth-order valence-corrected chi connectivity index (χ4v) is 4.37. The van der Waals surface area contributed by atoms with Gasteiger partial charge in [-0.2, -0.15) is 0 Å². The largest absolute Gasteiger partial charge is 0.486 e. The van der Waals surface area contributed by atoms with Crippen molar-refractivity contribution in [3.05, 3.63) is 90.8 Å². The van der Waals surface area contributed by atoms with Gasteiger partial charge in [-0.15, -0.1) is 0 Å². The lowest BCUT2D eigenvalue weighted by Crippen LogP contribution is -2.01. The molecule has 3 aromatic carbocycles. The van der Waals surface area contributed by atoms with Crippen LogP contribution < -0.4 is 10.1 Å². The van der Waals surface area contributed by atoms with E-state index in [0.717, 1.165) is 31.5 Å². The summed E-state index contributed by atoms with van der Waals surface area (Å²) < 4.78 is 7.70. The van der Waals surface area contributed by atoms with Crippen molar-refractivity contribution in [2.45, 2.75) is 13.2 Å². The SMILES string of the molecule is Clc1ccc(COc2c(Br)cc(CNc3ccccc3)cc2Br)c(Cl)c1. The van der Waals surface area contributed by atoms with Gasteiger partial charge in [-0.3, -0.25) is 0 Å². The quantitative estimate of drug-likeness (QED) is 0.363. The molecule has 6 heteroatoms. The van der Waals surface area contributed by atoms with Crippen molar-refractivity contribution in [3.8, 4) is 5.75 Å². The number of benzene rings is 3. The van der Waals surface area contributed by atoms with Gasteiger partial charge in [-0.25, -0.2) is 0 Å². The number of rotatable bonds is 6. The molecule has 3 aromatic rings. The summed E-state index contributed by atoms with van der Waals surface area (Å²) in [5.41, 5.74) is 3.09. The van der Waals surface area contributed by atoms with Gasteiger partial charge in [0.15, 0.2) is 0 Å². The van der Waals surface area contributed by atoms with Crippen molar-refractivity contribution in [1.82, 2.24) is 0 Å². The Bertz CT molecular complexity index is 881. The monoisotopic (exact) mass is 513 g/mol. The molecular weight excluding hydrogens is 501 g/mol. The van der Waals surface area contributed by atoms with E-state index in [4.69, 9.17) is 27.9 Å². The van der Waals surface area contributed by atoms with Crippen molar-refractivity contribution in [2.75, 3.05) is 5.32 Å². The van der Waals surface area contributed by atoms with Gasteiger partial charge in [0.25, 0.3) is 0 Å². The van der Waals surface area contributed by atoms with Gasteiger partial charge in [0, 0.05) is 27.8 Å². The number of para-hydroxylation sites is 1. The number of anilines is 1. The minimum atomic E-state index is 0.356. The maximum Gasteiger partial charge on any atom is 0.148 e. The van der Waals surface area contributed by atoms with Gasteiger partial charge in [-0.05, 0) is 73.8 Å². The molecule has 0 atom stereocenters. The highest BCUT2D eigenvalue weighted by molar-refractivity contribution is 9.11. The third-order valence-corrected chi connectivity index (χ3v) is 5.48. The van der Waals surface area contributed by atoms with Crippen LogP contribution in [-0.2, 0) is 13.2 Å². The minimum absolute atomic E-state index is 0.356. The Balaban J connectivity index is 1.68. The first-order chi connectivity index (χ1) is 12.5. The molecule has 0 unspecified atom stereocenters. The molecule has 0 aromatic heterocycles. The van der Waals surface area contributed by atoms with Crippen molar-refractivity contribution in [3.63, 3.8) is 0 Å². The van der Waals surface area contributed by atoms with Gasteiger partial charge in [0.05, 0.1) is 8.95 Å². The van der Waals surface area contributed by atoms with Gasteiger partial charge < -0.3 is 10.1 Å². The number of nitrogens with one attached hydrogen (secondary N) is 1. The minimum Gasteiger partial charge on any atom is -0.486 e. The molecule has 134 valence electrons. The summed E-state index contributed by atoms with van der Waals surface area (Å²) in [6.45, 7) is 1.07. The molecule has 0 aliphatic heterocycles. The number of hydrogen-bond donors (Lipinski definition) is 1. The second kappa shape index (κ2) is 9.14. The summed E-state index contributed by atoms with van der Waals surface area (Å²) in [4.78, 5) is 0. The van der Waals surface area contributed by atoms with Crippen molar-refractivity contribution in [1.29, 1.82) is 0 Å². The van der Waals surface area contributed by atoms with E-state index >= 15 is 0 Å². The smallest absolute Gasteiger partial charge is 0.148 e. The zero-order chi connectivity index (χ0) is 18.5. The summed E-state index contributed by atoms with van der Waals surface area (Å²) in [7, 11) is 0. The van der Waals surface area contributed by atoms with Crippen LogP contribution in [0.15, 0.2) is 69.6 Å². The summed E-state index contributed by atoms with van der Waals surface area (Å²) in [5.74, 6) is 0.736. The van der Waals surface area contributed by atoms with Gasteiger partial charge in [0.2, 0.25) is 0 Å². The van der Waals surface area contributed by atoms with E-state index in [1.165, 1.54) is 0 Å².